The van der Waals surface area contributed by atoms with Crippen molar-refractivity contribution >= 4 is 0 Å². The predicted octanol–water partition coefficient (Wildman–Crippen LogP) is 2.67. The SMILES string of the molecule is Cc1ccccc1CCc1nc(C2CCOC2)no1. The maximum Gasteiger partial charge on any atom is 0.226 e. The van der Waals surface area contributed by atoms with Crippen LogP contribution in [0, 0.1) is 6.92 Å². The van der Waals surface area contributed by atoms with Gasteiger partial charge in [0.25, 0.3) is 0 Å². The Balaban J connectivity index is 1.63. The van der Waals surface area contributed by atoms with E-state index in [1.54, 1.807) is 0 Å². The van der Waals surface area contributed by atoms with Crippen molar-refractivity contribution in [1.82, 2.24) is 10.1 Å². The Bertz CT molecular complexity index is 545. The summed E-state index contributed by atoms with van der Waals surface area (Å²) in [5.74, 6) is 1.85. The first-order chi connectivity index (χ1) is 9.33. The van der Waals surface area contributed by atoms with Crippen LogP contribution in [-0.2, 0) is 17.6 Å². The van der Waals surface area contributed by atoms with Crippen LogP contribution >= 0.6 is 0 Å². The normalized spacial score (nSPS) is 18.9. The molecule has 1 aromatic carbocycles. The Kier molecular flexibility index (Phi) is 3.60. The van der Waals surface area contributed by atoms with E-state index in [-0.39, 0.29) is 0 Å². The van der Waals surface area contributed by atoms with Crippen LogP contribution in [0.2, 0.25) is 0 Å². The number of nitrogens with zero attached hydrogens (tertiary/aromatic N) is 2. The molecule has 4 nitrogen and oxygen atoms in total. The fourth-order valence-corrected chi connectivity index (χ4v) is 2.41. The molecule has 3 rings (SSSR count). The Morgan fingerprint density at radius 2 is 2.16 bits per heavy atom. The molecule has 2 aromatic rings. The highest BCUT2D eigenvalue weighted by Crippen LogP contribution is 2.22. The minimum atomic E-state index is 0.316. The van der Waals surface area contributed by atoms with Gasteiger partial charge in [0.15, 0.2) is 5.82 Å². The molecule has 0 saturated carbocycles. The third-order valence-corrected chi connectivity index (χ3v) is 3.65. The molecule has 0 bridgehead atoms. The van der Waals surface area contributed by atoms with Gasteiger partial charge in [0.05, 0.1) is 6.61 Å². The van der Waals surface area contributed by atoms with E-state index in [9.17, 15) is 0 Å². The average molecular weight is 258 g/mol. The van der Waals surface area contributed by atoms with Crippen molar-refractivity contribution in [3.63, 3.8) is 0 Å². The van der Waals surface area contributed by atoms with E-state index >= 15 is 0 Å². The van der Waals surface area contributed by atoms with Crippen molar-refractivity contribution < 1.29 is 9.26 Å². The van der Waals surface area contributed by atoms with Crippen LogP contribution in [0.4, 0.5) is 0 Å². The number of aryl methyl sites for hydroxylation is 3. The van der Waals surface area contributed by atoms with Gasteiger partial charge in [0.2, 0.25) is 5.89 Å². The minimum absolute atomic E-state index is 0.316. The number of hydrogen-bond acceptors (Lipinski definition) is 4. The molecule has 1 atom stereocenters. The molecule has 0 N–H and O–H groups in total. The summed E-state index contributed by atoms with van der Waals surface area (Å²) in [5, 5.41) is 4.07. The molecule has 1 fully saturated rings. The summed E-state index contributed by atoms with van der Waals surface area (Å²) in [6, 6.07) is 8.41. The van der Waals surface area contributed by atoms with Gasteiger partial charge in [-0.05, 0) is 30.9 Å². The Morgan fingerprint density at radius 3 is 2.95 bits per heavy atom. The van der Waals surface area contributed by atoms with Gasteiger partial charge in [-0.3, -0.25) is 0 Å². The largest absolute Gasteiger partial charge is 0.381 e. The summed E-state index contributed by atoms with van der Waals surface area (Å²) in [5.41, 5.74) is 2.65. The fraction of sp³-hybridized carbons (Fsp3) is 0.467. The van der Waals surface area contributed by atoms with Crippen LogP contribution in [0.5, 0.6) is 0 Å². The second kappa shape index (κ2) is 5.53. The Morgan fingerprint density at radius 1 is 1.26 bits per heavy atom. The molecule has 1 unspecified atom stereocenters. The molecule has 1 aliphatic heterocycles. The van der Waals surface area contributed by atoms with Gasteiger partial charge in [0.1, 0.15) is 0 Å². The highest BCUT2D eigenvalue weighted by molar-refractivity contribution is 5.25. The lowest BCUT2D eigenvalue weighted by Gasteiger charge is -2.02. The van der Waals surface area contributed by atoms with E-state index in [0.717, 1.165) is 44.2 Å². The van der Waals surface area contributed by atoms with Crippen molar-refractivity contribution in [1.29, 1.82) is 0 Å². The third kappa shape index (κ3) is 2.84. The van der Waals surface area contributed by atoms with Crippen LogP contribution in [0.25, 0.3) is 0 Å². The fourth-order valence-electron chi connectivity index (χ4n) is 2.41. The van der Waals surface area contributed by atoms with Crippen LogP contribution < -0.4 is 0 Å². The van der Waals surface area contributed by atoms with Crippen molar-refractivity contribution in [2.75, 3.05) is 13.2 Å². The van der Waals surface area contributed by atoms with E-state index in [1.807, 2.05) is 0 Å². The van der Waals surface area contributed by atoms with E-state index in [1.165, 1.54) is 11.1 Å². The summed E-state index contributed by atoms with van der Waals surface area (Å²) < 4.78 is 10.7. The van der Waals surface area contributed by atoms with Crippen LogP contribution in [0.1, 0.15) is 35.2 Å². The average Bonchev–Trinajstić information content (AvgIpc) is 3.09. The zero-order valence-electron chi connectivity index (χ0n) is 11.1. The standard InChI is InChI=1S/C15H18N2O2/c1-11-4-2-3-5-12(11)6-7-14-16-15(17-19-14)13-8-9-18-10-13/h2-5,13H,6-10H2,1H3. The molecular weight excluding hydrogens is 240 g/mol. The smallest absolute Gasteiger partial charge is 0.226 e. The van der Waals surface area contributed by atoms with Crippen molar-refractivity contribution in [2.24, 2.45) is 0 Å². The highest BCUT2D eigenvalue weighted by Gasteiger charge is 2.22. The summed E-state index contributed by atoms with van der Waals surface area (Å²) in [6.07, 6.45) is 2.73. The Hall–Kier alpha value is -1.68. The quantitative estimate of drug-likeness (QED) is 0.846. The number of ether oxygens (including phenoxy) is 1. The first kappa shape index (κ1) is 12.4. The zero-order chi connectivity index (χ0) is 13.1. The first-order valence-electron chi connectivity index (χ1n) is 6.77. The molecule has 1 aromatic heterocycles. The molecule has 19 heavy (non-hydrogen) atoms. The van der Waals surface area contributed by atoms with Gasteiger partial charge in [-0.25, -0.2) is 0 Å². The van der Waals surface area contributed by atoms with E-state index in [4.69, 9.17) is 9.26 Å². The highest BCUT2D eigenvalue weighted by atomic mass is 16.5. The summed E-state index contributed by atoms with van der Waals surface area (Å²) in [4.78, 5) is 4.48. The predicted molar refractivity (Wildman–Crippen MR) is 71.1 cm³/mol. The van der Waals surface area contributed by atoms with Crippen molar-refractivity contribution in [3.8, 4) is 0 Å². The van der Waals surface area contributed by atoms with E-state index < -0.39 is 0 Å². The van der Waals surface area contributed by atoms with E-state index in [2.05, 4.69) is 41.3 Å². The molecule has 0 radical (unpaired) electrons. The maximum atomic E-state index is 5.34. The molecule has 0 amide bonds. The topological polar surface area (TPSA) is 48.2 Å². The lowest BCUT2D eigenvalue weighted by molar-refractivity contribution is 0.192. The van der Waals surface area contributed by atoms with E-state index in [0.29, 0.717) is 5.92 Å². The first-order valence-corrected chi connectivity index (χ1v) is 6.77. The number of aromatic nitrogens is 2. The van der Waals surface area contributed by atoms with Gasteiger partial charge in [-0.15, -0.1) is 0 Å². The maximum absolute atomic E-state index is 5.34. The molecule has 1 aliphatic rings. The van der Waals surface area contributed by atoms with Gasteiger partial charge in [0, 0.05) is 18.9 Å². The second-order valence-electron chi connectivity index (χ2n) is 5.03. The third-order valence-electron chi connectivity index (χ3n) is 3.65. The van der Waals surface area contributed by atoms with Gasteiger partial charge < -0.3 is 9.26 Å². The van der Waals surface area contributed by atoms with Crippen LogP contribution in [-0.4, -0.2) is 23.4 Å². The monoisotopic (exact) mass is 258 g/mol. The molecule has 0 aliphatic carbocycles. The van der Waals surface area contributed by atoms with Crippen molar-refractivity contribution in [3.05, 3.63) is 47.1 Å². The van der Waals surface area contributed by atoms with Crippen LogP contribution in [0.3, 0.4) is 0 Å². The minimum Gasteiger partial charge on any atom is -0.381 e. The van der Waals surface area contributed by atoms with Crippen LogP contribution in [0.15, 0.2) is 28.8 Å². The molecule has 100 valence electrons. The molecular formula is C15H18N2O2. The summed E-state index contributed by atoms with van der Waals surface area (Å²) in [6.45, 7) is 3.65. The number of benzene rings is 1. The molecule has 1 saturated heterocycles. The molecule has 4 heteroatoms. The van der Waals surface area contributed by atoms with Gasteiger partial charge in [-0.1, -0.05) is 29.4 Å². The number of hydrogen-bond donors (Lipinski definition) is 0. The molecule has 2 heterocycles. The summed E-state index contributed by atoms with van der Waals surface area (Å²) in [7, 11) is 0. The second-order valence-corrected chi connectivity index (χ2v) is 5.03. The lowest BCUT2D eigenvalue weighted by atomic mass is 10.0. The number of rotatable bonds is 4. The molecule has 0 spiro atoms. The van der Waals surface area contributed by atoms with Gasteiger partial charge in [-0.2, -0.15) is 4.98 Å². The Labute approximate surface area is 112 Å². The zero-order valence-corrected chi connectivity index (χ0v) is 11.1. The summed E-state index contributed by atoms with van der Waals surface area (Å²) >= 11 is 0. The van der Waals surface area contributed by atoms with Gasteiger partial charge >= 0.3 is 0 Å². The van der Waals surface area contributed by atoms with Crippen molar-refractivity contribution in [2.45, 2.75) is 32.1 Å². The lowest BCUT2D eigenvalue weighted by Crippen LogP contribution is -2.00.